The van der Waals surface area contributed by atoms with E-state index in [1.807, 2.05) is 60.1 Å². The molecule has 0 spiro atoms. The molecule has 7 heteroatoms. The number of carbonyl (C=O) groups is 1. The zero-order valence-electron chi connectivity index (χ0n) is 14.6. The van der Waals surface area contributed by atoms with E-state index in [1.165, 1.54) is 22.2 Å². The standard InChI is InChI=1S/C20H17N3O2S2/c1-13(16-8-5-9-26-16)22-17(24)10-23-12-21-19-18(20(23)25)15(11-27-19)14-6-3-2-4-7-14/h2-9,11-13H,10H2,1H3,(H,22,24)/t13-/m1/s1. The number of thiophene rings is 2. The van der Waals surface area contributed by atoms with Crippen LogP contribution in [0.25, 0.3) is 21.3 Å². The molecule has 0 unspecified atom stereocenters. The Labute approximate surface area is 163 Å². The summed E-state index contributed by atoms with van der Waals surface area (Å²) in [6.45, 7) is 1.88. The Morgan fingerprint density at radius 1 is 1.19 bits per heavy atom. The quantitative estimate of drug-likeness (QED) is 0.554. The smallest absolute Gasteiger partial charge is 0.263 e. The lowest BCUT2D eigenvalue weighted by Gasteiger charge is -2.13. The maximum Gasteiger partial charge on any atom is 0.263 e. The maximum absolute atomic E-state index is 13.0. The van der Waals surface area contributed by atoms with Crippen LogP contribution >= 0.6 is 22.7 Å². The molecule has 1 N–H and O–H groups in total. The highest BCUT2D eigenvalue weighted by Crippen LogP contribution is 2.30. The Kier molecular flexibility index (Phi) is 4.87. The van der Waals surface area contributed by atoms with Crippen molar-refractivity contribution in [2.24, 2.45) is 0 Å². The first-order chi connectivity index (χ1) is 13.1. The number of aromatic nitrogens is 2. The number of amides is 1. The van der Waals surface area contributed by atoms with Crippen LogP contribution in [0.1, 0.15) is 17.8 Å². The second kappa shape index (κ2) is 7.46. The van der Waals surface area contributed by atoms with Crippen molar-refractivity contribution in [2.75, 3.05) is 0 Å². The van der Waals surface area contributed by atoms with Gasteiger partial charge in [-0.05, 0) is 23.9 Å². The third kappa shape index (κ3) is 3.56. The lowest BCUT2D eigenvalue weighted by molar-refractivity contribution is -0.122. The molecule has 0 aliphatic carbocycles. The normalized spacial score (nSPS) is 12.2. The average Bonchev–Trinajstić information content (AvgIpc) is 3.35. The molecule has 4 rings (SSSR count). The molecule has 3 aromatic heterocycles. The van der Waals surface area contributed by atoms with Gasteiger partial charge >= 0.3 is 0 Å². The van der Waals surface area contributed by atoms with Crippen LogP contribution in [0.15, 0.2) is 64.3 Å². The van der Waals surface area contributed by atoms with E-state index in [0.29, 0.717) is 10.2 Å². The first kappa shape index (κ1) is 17.6. The highest BCUT2D eigenvalue weighted by molar-refractivity contribution is 7.17. The van der Waals surface area contributed by atoms with Gasteiger partial charge in [0, 0.05) is 15.8 Å². The molecule has 4 aromatic rings. The highest BCUT2D eigenvalue weighted by Gasteiger charge is 2.16. The fourth-order valence-electron chi connectivity index (χ4n) is 2.96. The summed E-state index contributed by atoms with van der Waals surface area (Å²) in [7, 11) is 0. The van der Waals surface area contributed by atoms with E-state index in [9.17, 15) is 9.59 Å². The number of hydrogen-bond donors (Lipinski definition) is 1. The molecule has 0 saturated heterocycles. The molecule has 1 aromatic carbocycles. The van der Waals surface area contributed by atoms with Crippen LogP contribution in [0.4, 0.5) is 0 Å². The first-order valence-electron chi connectivity index (χ1n) is 8.48. The molecule has 1 amide bonds. The summed E-state index contributed by atoms with van der Waals surface area (Å²) >= 11 is 3.03. The summed E-state index contributed by atoms with van der Waals surface area (Å²) in [5.74, 6) is -0.212. The second-order valence-corrected chi connectivity index (χ2v) is 8.02. The monoisotopic (exact) mass is 395 g/mol. The molecular formula is C20H17N3O2S2. The predicted molar refractivity (Wildman–Crippen MR) is 110 cm³/mol. The average molecular weight is 396 g/mol. The number of hydrogen-bond acceptors (Lipinski definition) is 5. The van der Waals surface area contributed by atoms with E-state index in [-0.39, 0.29) is 24.1 Å². The van der Waals surface area contributed by atoms with Crippen molar-refractivity contribution in [3.63, 3.8) is 0 Å². The van der Waals surface area contributed by atoms with E-state index in [2.05, 4.69) is 10.3 Å². The third-order valence-electron chi connectivity index (χ3n) is 4.31. The zero-order chi connectivity index (χ0) is 18.8. The Bertz CT molecular complexity index is 1130. The summed E-state index contributed by atoms with van der Waals surface area (Å²) in [5.41, 5.74) is 1.63. The first-order valence-corrected chi connectivity index (χ1v) is 10.2. The minimum Gasteiger partial charge on any atom is -0.347 e. The fraction of sp³-hybridized carbons (Fsp3) is 0.150. The molecule has 3 heterocycles. The van der Waals surface area contributed by atoms with Gasteiger partial charge in [-0.15, -0.1) is 22.7 Å². The number of fused-ring (bicyclic) bond motifs is 1. The van der Waals surface area contributed by atoms with Crippen molar-refractivity contribution in [2.45, 2.75) is 19.5 Å². The third-order valence-corrected chi connectivity index (χ3v) is 6.25. The Balaban J connectivity index is 1.62. The van der Waals surface area contributed by atoms with Crippen molar-refractivity contribution < 1.29 is 4.79 Å². The summed E-state index contributed by atoms with van der Waals surface area (Å²) in [6.07, 6.45) is 1.45. The van der Waals surface area contributed by atoms with Crippen molar-refractivity contribution >= 4 is 38.8 Å². The van der Waals surface area contributed by atoms with Gasteiger partial charge in [-0.25, -0.2) is 4.98 Å². The minimum atomic E-state index is -0.212. The van der Waals surface area contributed by atoms with Crippen LogP contribution in [0.5, 0.6) is 0 Å². The second-order valence-electron chi connectivity index (χ2n) is 6.18. The van der Waals surface area contributed by atoms with Gasteiger partial charge in [0.25, 0.3) is 5.56 Å². The topological polar surface area (TPSA) is 64.0 Å². The van der Waals surface area contributed by atoms with Gasteiger partial charge < -0.3 is 5.32 Å². The van der Waals surface area contributed by atoms with Crippen molar-refractivity contribution in [3.05, 3.63) is 74.8 Å². The van der Waals surface area contributed by atoms with Crippen molar-refractivity contribution in [3.8, 4) is 11.1 Å². The van der Waals surface area contributed by atoms with Crippen LogP contribution in [0, 0.1) is 0 Å². The summed E-state index contributed by atoms with van der Waals surface area (Å²) < 4.78 is 1.37. The molecule has 0 aliphatic rings. The van der Waals surface area contributed by atoms with Crippen LogP contribution in [0.2, 0.25) is 0 Å². The van der Waals surface area contributed by atoms with Crippen LogP contribution < -0.4 is 10.9 Å². The van der Waals surface area contributed by atoms with E-state index >= 15 is 0 Å². The summed E-state index contributed by atoms with van der Waals surface area (Å²) in [4.78, 5) is 31.5. The van der Waals surface area contributed by atoms with Gasteiger partial charge in [0.1, 0.15) is 11.4 Å². The van der Waals surface area contributed by atoms with Crippen LogP contribution in [-0.4, -0.2) is 15.5 Å². The number of nitrogens with one attached hydrogen (secondary N) is 1. The molecule has 0 radical (unpaired) electrons. The number of nitrogens with zero attached hydrogens (tertiary/aromatic N) is 2. The molecular weight excluding hydrogens is 378 g/mol. The summed E-state index contributed by atoms with van der Waals surface area (Å²) in [6, 6.07) is 13.6. The summed E-state index contributed by atoms with van der Waals surface area (Å²) in [5, 5.41) is 7.41. The number of rotatable bonds is 5. The largest absolute Gasteiger partial charge is 0.347 e. The zero-order valence-corrected chi connectivity index (χ0v) is 16.2. The highest BCUT2D eigenvalue weighted by atomic mass is 32.1. The van der Waals surface area contributed by atoms with E-state index in [1.54, 1.807) is 11.3 Å². The minimum absolute atomic E-state index is 0.0540. The van der Waals surface area contributed by atoms with Crippen molar-refractivity contribution in [1.82, 2.24) is 14.9 Å². The Morgan fingerprint density at radius 3 is 2.74 bits per heavy atom. The molecule has 5 nitrogen and oxygen atoms in total. The van der Waals surface area contributed by atoms with Gasteiger partial charge in [0.15, 0.2) is 0 Å². The number of carbonyl (C=O) groups excluding carboxylic acids is 1. The van der Waals surface area contributed by atoms with Crippen LogP contribution in [-0.2, 0) is 11.3 Å². The molecule has 136 valence electrons. The molecule has 1 atom stereocenters. The fourth-order valence-corrected chi connectivity index (χ4v) is 4.60. The van der Waals surface area contributed by atoms with Crippen LogP contribution in [0.3, 0.4) is 0 Å². The molecule has 0 aliphatic heterocycles. The van der Waals surface area contributed by atoms with Gasteiger partial charge in [0.2, 0.25) is 5.91 Å². The van der Waals surface area contributed by atoms with E-state index < -0.39 is 0 Å². The lowest BCUT2D eigenvalue weighted by atomic mass is 10.1. The van der Waals surface area contributed by atoms with Gasteiger partial charge in [-0.2, -0.15) is 0 Å². The predicted octanol–water partition coefficient (Wildman–Crippen LogP) is 4.06. The van der Waals surface area contributed by atoms with Crippen molar-refractivity contribution in [1.29, 1.82) is 0 Å². The Morgan fingerprint density at radius 2 is 2.00 bits per heavy atom. The number of benzene rings is 1. The molecule has 27 heavy (non-hydrogen) atoms. The maximum atomic E-state index is 13.0. The van der Waals surface area contributed by atoms with Gasteiger partial charge in [-0.1, -0.05) is 36.4 Å². The van der Waals surface area contributed by atoms with E-state index in [4.69, 9.17) is 0 Å². The van der Waals surface area contributed by atoms with Gasteiger partial charge in [0.05, 0.1) is 17.8 Å². The van der Waals surface area contributed by atoms with Gasteiger partial charge in [-0.3, -0.25) is 14.2 Å². The Hall–Kier alpha value is -2.77. The molecule has 0 fully saturated rings. The molecule has 0 bridgehead atoms. The van der Waals surface area contributed by atoms with E-state index in [0.717, 1.165) is 16.0 Å². The lowest BCUT2D eigenvalue weighted by Crippen LogP contribution is -2.33. The molecule has 0 saturated carbocycles. The SMILES string of the molecule is C[C@@H](NC(=O)Cn1cnc2scc(-c3ccccc3)c2c1=O)c1cccs1.